The summed E-state index contributed by atoms with van der Waals surface area (Å²) in [6, 6.07) is 4.38. The van der Waals surface area contributed by atoms with Crippen LogP contribution in [0.3, 0.4) is 0 Å². The fourth-order valence-electron chi connectivity index (χ4n) is 2.77. The van der Waals surface area contributed by atoms with Crippen LogP contribution in [0.5, 0.6) is 0 Å². The maximum atomic E-state index is 9.14. The number of anilines is 1. The Balaban J connectivity index is 1.80. The number of aromatic nitrogens is 1. The van der Waals surface area contributed by atoms with E-state index in [1.807, 2.05) is 0 Å². The van der Waals surface area contributed by atoms with E-state index in [0.29, 0.717) is 12.5 Å². The van der Waals surface area contributed by atoms with Gasteiger partial charge in [-0.25, -0.2) is 4.98 Å². The van der Waals surface area contributed by atoms with Crippen molar-refractivity contribution in [1.82, 2.24) is 4.98 Å². The summed E-state index contributed by atoms with van der Waals surface area (Å²) in [6.07, 6.45) is 4.68. The van der Waals surface area contributed by atoms with Gasteiger partial charge < -0.3 is 10.0 Å². The number of pyridine rings is 1. The van der Waals surface area contributed by atoms with Gasteiger partial charge in [0.1, 0.15) is 5.82 Å². The predicted molar refractivity (Wildman–Crippen MR) is 63.7 cm³/mol. The highest BCUT2D eigenvalue weighted by molar-refractivity contribution is 5.44. The van der Waals surface area contributed by atoms with Crippen molar-refractivity contribution in [2.45, 2.75) is 25.7 Å². The molecule has 0 amide bonds. The number of fused-ring (bicyclic) bond motifs is 1. The van der Waals surface area contributed by atoms with Crippen LogP contribution >= 0.6 is 0 Å². The van der Waals surface area contributed by atoms with Gasteiger partial charge in [0.15, 0.2) is 0 Å². The highest BCUT2D eigenvalue weighted by Gasteiger charge is 2.23. The van der Waals surface area contributed by atoms with E-state index in [0.717, 1.165) is 31.7 Å². The first-order valence-corrected chi connectivity index (χ1v) is 6.21. The topological polar surface area (TPSA) is 36.4 Å². The molecule has 0 bridgehead atoms. The summed E-state index contributed by atoms with van der Waals surface area (Å²) < 4.78 is 0. The van der Waals surface area contributed by atoms with Crippen LogP contribution in [0.1, 0.15) is 24.1 Å². The van der Waals surface area contributed by atoms with E-state index in [2.05, 4.69) is 17.0 Å². The third kappa shape index (κ3) is 1.69. The number of hydrogen-bond acceptors (Lipinski definition) is 3. The highest BCUT2D eigenvalue weighted by atomic mass is 16.3. The predicted octanol–water partition coefficient (Wildman–Crippen LogP) is 1.39. The van der Waals surface area contributed by atoms with Crippen LogP contribution in [0, 0.1) is 5.92 Å². The number of aryl methyl sites for hydroxylation is 2. The Labute approximate surface area is 96.1 Å². The smallest absolute Gasteiger partial charge is 0.128 e. The summed E-state index contributed by atoms with van der Waals surface area (Å²) in [5.41, 5.74) is 2.73. The lowest BCUT2D eigenvalue weighted by Crippen LogP contribution is -2.22. The lowest BCUT2D eigenvalue weighted by Gasteiger charge is -2.18. The second-order valence-corrected chi connectivity index (χ2v) is 4.91. The van der Waals surface area contributed by atoms with E-state index in [1.54, 1.807) is 0 Å². The maximum absolute atomic E-state index is 9.14. The molecule has 0 radical (unpaired) electrons. The SMILES string of the molecule is OCC1CCN(c2ccc3c(n2)CCC3)C1. The fourth-order valence-corrected chi connectivity index (χ4v) is 2.77. The molecule has 1 aliphatic heterocycles. The summed E-state index contributed by atoms with van der Waals surface area (Å²) in [5, 5.41) is 9.14. The third-order valence-electron chi connectivity index (χ3n) is 3.78. The molecule has 1 saturated heterocycles. The number of aliphatic hydroxyl groups is 1. The van der Waals surface area contributed by atoms with E-state index < -0.39 is 0 Å². The van der Waals surface area contributed by atoms with Gasteiger partial charge in [-0.15, -0.1) is 0 Å². The van der Waals surface area contributed by atoms with Gasteiger partial charge in [-0.1, -0.05) is 6.07 Å². The van der Waals surface area contributed by atoms with E-state index >= 15 is 0 Å². The Bertz CT molecular complexity index is 392. The van der Waals surface area contributed by atoms with Gasteiger partial charge in [0, 0.05) is 31.3 Å². The minimum atomic E-state index is 0.307. The Kier molecular flexibility index (Phi) is 2.56. The monoisotopic (exact) mass is 218 g/mol. The molecule has 1 aliphatic carbocycles. The Morgan fingerprint density at radius 1 is 1.38 bits per heavy atom. The molecular weight excluding hydrogens is 200 g/mol. The molecule has 0 aromatic carbocycles. The molecule has 86 valence electrons. The molecule has 0 spiro atoms. The molecule has 3 nitrogen and oxygen atoms in total. The lowest BCUT2D eigenvalue weighted by molar-refractivity contribution is 0.238. The van der Waals surface area contributed by atoms with E-state index in [4.69, 9.17) is 10.1 Å². The van der Waals surface area contributed by atoms with Crippen LogP contribution in [0.2, 0.25) is 0 Å². The van der Waals surface area contributed by atoms with Crippen LogP contribution in [-0.2, 0) is 12.8 Å². The first kappa shape index (κ1) is 10.1. The third-order valence-corrected chi connectivity index (χ3v) is 3.78. The zero-order valence-electron chi connectivity index (χ0n) is 9.52. The van der Waals surface area contributed by atoms with Gasteiger partial charge in [-0.2, -0.15) is 0 Å². The largest absolute Gasteiger partial charge is 0.396 e. The summed E-state index contributed by atoms with van der Waals surface area (Å²) in [6.45, 7) is 2.31. The van der Waals surface area contributed by atoms with Gasteiger partial charge >= 0.3 is 0 Å². The summed E-state index contributed by atoms with van der Waals surface area (Å²) in [7, 11) is 0. The molecule has 1 aromatic heterocycles. The Morgan fingerprint density at radius 2 is 2.31 bits per heavy atom. The number of rotatable bonds is 2. The van der Waals surface area contributed by atoms with Gasteiger partial charge in [0.2, 0.25) is 0 Å². The summed E-state index contributed by atoms with van der Waals surface area (Å²) >= 11 is 0. The molecule has 3 heteroatoms. The molecule has 1 unspecified atom stereocenters. The number of nitrogens with zero attached hydrogens (tertiary/aromatic N) is 2. The average molecular weight is 218 g/mol. The normalized spacial score (nSPS) is 23.8. The van der Waals surface area contributed by atoms with Crippen molar-refractivity contribution in [2.75, 3.05) is 24.6 Å². The molecule has 16 heavy (non-hydrogen) atoms. The number of aliphatic hydroxyl groups excluding tert-OH is 1. The van der Waals surface area contributed by atoms with E-state index in [9.17, 15) is 0 Å². The molecule has 1 N–H and O–H groups in total. The molecular formula is C13H18N2O. The standard InChI is InChI=1S/C13H18N2O/c16-9-10-6-7-15(8-10)13-5-4-11-2-1-3-12(11)14-13/h4-5,10,16H,1-3,6-9H2. The second-order valence-electron chi connectivity index (χ2n) is 4.91. The second kappa shape index (κ2) is 4.06. The first-order valence-electron chi connectivity index (χ1n) is 6.21. The van der Waals surface area contributed by atoms with Crippen molar-refractivity contribution >= 4 is 5.82 Å². The molecule has 1 atom stereocenters. The van der Waals surface area contributed by atoms with Crippen LogP contribution in [0.25, 0.3) is 0 Å². The minimum absolute atomic E-state index is 0.307. The molecule has 3 rings (SSSR count). The van der Waals surface area contributed by atoms with E-state index in [-0.39, 0.29) is 0 Å². The van der Waals surface area contributed by atoms with Gasteiger partial charge in [0.05, 0.1) is 0 Å². The molecule has 1 aromatic rings. The van der Waals surface area contributed by atoms with Gasteiger partial charge in [0.25, 0.3) is 0 Å². The molecule has 2 aliphatic rings. The van der Waals surface area contributed by atoms with Gasteiger partial charge in [-0.3, -0.25) is 0 Å². The van der Waals surface area contributed by atoms with Crippen LogP contribution in [0.15, 0.2) is 12.1 Å². The minimum Gasteiger partial charge on any atom is -0.396 e. The molecule has 0 saturated carbocycles. The van der Waals surface area contributed by atoms with Crippen LogP contribution in [-0.4, -0.2) is 29.8 Å². The highest BCUT2D eigenvalue weighted by Crippen LogP contribution is 2.26. The van der Waals surface area contributed by atoms with Crippen molar-refractivity contribution in [2.24, 2.45) is 5.92 Å². The first-order chi connectivity index (χ1) is 7.86. The quantitative estimate of drug-likeness (QED) is 0.815. The van der Waals surface area contributed by atoms with Crippen molar-refractivity contribution in [3.63, 3.8) is 0 Å². The number of hydrogen-bond donors (Lipinski definition) is 1. The summed E-state index contributed by atoms with van der Waals surface area (Å²) in [4.78, 5) is 7.05. The summed E-state index contributed by atoms with van der Waals surface area (Å²) in [5.74, 6) is 1.55. The molecule has 1 fully saturated rings. The fraction of sp³-hybridized carbons (Fsp3) is 0.615. The van der Waals surface area contributed by atoms with Crippen molar-refractivity contribution in [3.8, 4) is 0 Å². The van der Waals surface area contributed by atoms with Crippen LogP contribution in [0.4, 0.5) is 5.82 Å². The maximum Gasteiger partial charge on any atom is 0.128 e. The van der Waals surface area contributed by atoms with Gasteiger partial charge in [-0.05, 0) is 37.3 Å². The van der Waals surface area contributed by atoms with Crippen molar-refractivity contribution in [1.29, 1.82) is 0 Å². The average Bonchev–Trinajstić information content (AvgIpc) is 2.96. The Morgan fingerprint density at radius 3 is 3.12 bits per heavy atom. The zero-order chi connectivity index (χ0) is 11.0. The molecule has 2 heterocycles. The van der Waals surface area contributed by atoms with Crippen molar-refractivity contribution in [3.05, 3.63) is 23.4 Å². The zero-order valence-corrected chi connectivity index (χ0v) is 9.52. The van der Waals surface area contributed by atoms with E-state index in [1.165, 1.54) is 24.1 Å². The Hall–Kier alpha value is -1.09. The lowest BCUT2D eigenvalue weighted by atomic mass is 10.1. The van der Waals surface area contributed by atoms with Crippen LogP contribution < -0.4 is 4.90 Å². The van der Waals surface area contributed by atoms with Crippen molar-refractivity contribution < 1.29 is 5.11 Å².